The molecule has 5 nitrogen and oxygen atoms in total. The summed E-state index contributed by atoms with van der Waals surface area (Å²) in [6, 6.07) is 0. The van der Waals surface area contributed by atoms with Crippen molar-refractivity contribution >= 4 is 16.1 Å². The van der Waals surface area contributed by atoms with Crippen LogP contribution >= 0.6 is 0 Å². The number of ether oxygens (including phenoxy) is 1. The average molecular weight is 258 g/mol. The maximum atomic E-state index is 11.0. The molecule has 0 aromatic carbocycles. The zero-order valence-electron chi connectivity index (χ0n) is 10.5. The van der Waals surface area contributed by atoms with Crippen LogP contribution in [0.4, 0.5) is 0 Å². The van der Waals surface area contributed by atoms with Gasteiger partial charge in [0, 0.05) is 6.08 Å². The molecule has 0 saturated carbocycles. The normalized spacial score (nSPS) is 10.8. The molecule has 0 amide bonds. The Kier molecular flexibility index (Phi) is 11.4. The zero-order valence-corrected chi connectivity index (χ0v) is 12.3. The molecule has 0 radical (unpaired) electrons. The Labute approximate surface area is 119 Å². The molecule has 0 spiro atoms. The van der Waals surface area contributed by atoms with E-state index in [-0.39, 0.29) is 43.3 Å². The van der Waals surface area contributed by atoms with E-state index >= 15 is 0 Å². The SMILES string of the molecule is C=CC(=O)OC=CCOS(=O)(=O)CCC.[H-].[Na+]. The summed E-state index contributed by atoms with van der Waals surface area (Å²) in [5.41, 5.74) is 0. The zero-order chi connectivity index (χ0) is 11.7. The van der Waals surface area contributed by atoms with Gasteiger partial charge in [0.2, 0.25) is 0 Å². The summed E-state index contributed by atoms with van der Waals surface area (Å²) in [6.07, 6.45) is 3.84. The molecule has 0 bridgehead atoms. The Balaban J connectivity index is -0.000000980. The Hall–Kier alpha value is -0.140. The minimum Gasteiger partial charge on any atom is -1.00 e. The second kappa shape index (κ2) is 10.0. The first kappa shape index (κ1) is 18.2. The topological polar surface area (TPSA) is 69.7 Å². The fourth-order valence-electron chi connectivity index (χ4n) is 0.654. The fraction of sp³-hybridized carbons (Fsp3) is 0.444. The molecule has 0 fully saturated rings. The van der Waals surface area contributed by atoms with E-state index in [0.717, 1.165) is 12.3 Å². The van der Waals surface area contributed by atoms with Crippen molar-refractivity contribution in [2.24, 2.45) is 0 Å². The Bertz CT molecular complexity index is 339. The number of hydrogen-bond donors (Lipinski definition) is 0. The third kappa shape index (κ3) is 10.4. The molecule has 0 saturated heterocycles. The van der Waals surface area contributed by atoms with Gasteiger partial charge in [0.25, 0.3) is 10.1 Å². The van der Waals surface area contributed by atoms with Gasteiger partial charge in [0.15, 0.2) is 0 Å². The van der Waals surface area contributed by atoms with E-state index in [1.807, 2.05) is 0 Å². The summed E-state index contributed by atoms with van der Waals surface area (Å²) in [5, 5.41) is 0. The van der Waals surface area contributed by atoms with Crippen LogP contribution in [0.3, 0.4) is 0 Å². The van der Waals surface area contributed by atoms with Crippen molar-refractivity contribution in [3.8, 4) is 0 Å². The number of hydrogen-bond acceptors (Lipinski definition) is 5. The van der Waals surface area contributed by atoms with Gasteiger partial charge in [-0.2, -0.15) is 8.42 Å². The van der Waals surface area contributed by atoms with Crippen molar-refractivity contribution in [3.05, 3.63) is 25.0 Å². The fourth-order valence-corrected chi connectivity index (χ4v) is 1.56. The first-order valence-corrected chi connectivity index (χ1v) is 5.94. The van der Waals surface area contributed by atoms with Crippen molar-refractivity contribution in [3.63, 3.8) is 0 Å². The van der Waals surface area contributed by atoms with Gasteiger partial charge in [-0.25, -0.2) is 4.79 Å². The molecular weight excluding hydrogens is 243 g/mol. The third-order valence-corrected chi connectivity index (χ3v) is 2.65. The molecule has 0 heterocycles. The van der Waals surface area contributed by atoms with Crippen LogP contribution in [0.1, 0.15) is 14.8 Å². The largest absolute Gasteiger partial charge is 1.00 e. The van der Waals surface area contributed by atoms with Gasteiger partial charge < -0.3 is 6.16 Å². The molecule has 0 aromatic heterocycles. The van der Waals surface area contributed by atoms with E-state index < -0.39 is 16.1 Å². The summed E-state index contributed by atoms with van der Waals surface area (Å²) < 4.78 is 31.0. The quantitative estimate of drug-likeness (QED) is 0.175. The first-order valence-electron chi connectivity index (χ1n) is 4.37. The summed E-state index contributed by atoms with van der Waals surface area (Å²) in [7, 11) is -3.45. The van der Waals surface area contributed by atoms with Crippen LogP contribution in [0.15, 0.2) is 25.0 Å². The number of carbonyl (C=O) groups is 1. The van der Waals surface area contributed by atoms with E-state index in [1.165, 1.54) is 6.08 Å². The Morgan fingerprint density at radius 3 is 2.62 bits per heavy atom. The monoisotopic (exact) mass is 258 g/mol. The molecule has 0 aliphatic carbocycles. The first-order chi connectivity index (χ1) is 7.02. The second-order valence-corrected chi connectivity index (χ2v) is 4.32. The number of carbonyl (C=O) groups excluding carboxylic acids is 1. The van der Waals surface area contributed by atoms with Crippen LogP contribution in [0.25, 0.3) is 0 Å². The molecule has 0 N–H and O–H groups in total. The van der Waals surface area contributed by atoms with Crippen LogP contribution in [0, 0.1) is 0 Å². The second-order valence-electron chi connectivity index (χ2n) is 2.56. The molecule has 16 heavy (non-hydrogen) atoms. The maximum Gasteiger partial charge on any atom is 1.00 e. The van der Waals surface area contributed by atoms with Crippen molar-refractivity contribution in [2.75, 3.05) is 12.4 Å². The molecule has 0 rings (SSSR count). The van der Waals surface area contributed by atoms with Crippen LogP contribution in [-0.4, -0.2) is 26.7 Å². The smallest absolute Gasteiger partial charge is 1.00 e. The van der Waals surface area contributed by atoms with Crippen molar-refractivity contribution in [1.29, 1.82) is 0 Å². The molecule has 0 aliphatic heterocycles. The van der Waals surface area contributed by atoms with Crippen LogP contribution in [-0.2, 0) is 23.8 Å². The van der Waals surface area contributed by atoms with Gasteiger partial charge >= 0.3 is 35.5 Å². The molecule has 0 unspecified atom stereocenters. The Morgan fingerprint density at radius 1 is 1.50 bits per heavy atom. The minimum absolute atomic E-state index is 0. The summed E-state index contributed by atoms with van der Waals surface area (Å²) >= 11 is 0. The van der Waals surface area contributed by atoms with Crippen LogP contribution in [0.2, 0.25) is 0 Å². The van der Waals surface area contributed by atoms with Crippen LogP contribution < -0.4 is 29.6 Å². The maximum absolute atomic E-state index is 11.0. The van der Waals surface area contributed by atoms with Crippen molar-refractivity contribution in [1.82, 2.24) is 0 Å². The van der Waals surface area contributed by atoms with E-state index in [1.54, 1.807) is 6.92 Å². The third-order valence-electron chi connectivity index (χ3n) is 1.25. The molecular formula is C9H15NaO5S. The van der Waals surface area contributed by atoms with E-state index in [0.29, 0.717) is 6.42 Å². The van der Waals surface area contributed by atoms with E-state index in [2.05, 4.69) is 15.5 Å². The van der Waals surface area contributed by atoms with Gasteiger partial charge in [-0.15, -0.1) is 0 Å². The summed E-state index contributed by atoms with van der Waals surface area (Å²) in [5.74, 6) is -0.629. The Morgan fingerprint density at radius 2 is 2.12 bits per heavy atom. The predicted molar refractivity (Wildman–Crippen MR) is 56.6 cm³/mol. The minimum atomic E-state index is -3.45. The predicted octanol–water partition coefficient (Wildman–Crippen LogP) is -1.90. The van der Waals surface area contributed by atoms with Gasteiger partial charge in [-0.1, -0.05) is 13.5 Å². The summed E-state index contributed by atoms with van der Waals surface area (Å²) in [6.45, 7) is 4.78. The summed E-state index contributed by atoms with van der Waals surface area (Å²) in [4.78, 5) is 10.5. The molecule has 88 valence electrons. The van der Waals surface area contributed by atoms with Crippen molar-refractivity contribution < 1.29 is 53.1 Å². The van der Waals surface area contributed by atoms with Crippen LogP contribution in [0.5, 0.6) is 0 Å². The molecule has 0 aromatic rings. The van der Waals surface area contributed by atoms with Gasteiger partial charge in [0.05, 0.1) is 18.6 Å². The molecule has 7 heteroatoms. The van der Waals surface area contributed by atoms with Gasteiger partial charge in [0.1, 0.15) is 0 Å². The van der Waals surface area contributed by atoms with Crippen molar-refractivity contribution in [2.45, 2.75) is 13.3 Å². The van der Waals surface area contributed by atoms with E-state index in [4.69, 9.17) is 0 Å². The van der Waals surface area contributed by atoms with Gasteiger partial charge in [-0.05, 0) is 12.5 Å². The van der Waals surface area contributed by atoms with Gasteiger partial charge in [-0.3, -0.25) is 4.18 Å². The number of rotatable bonds is 7. The van der Waals surface area contributed by atoms with E-state index in [9.17, 15) is 13.2 Å². The standard InChI is InChI=1S/C9H14O5S.Na.H/c1-3-8-15(11,12)14-7-5-6-13-9(10)4-2;;/h4-6H,2-3,7-8H2,1H3;;/q;+1;-1. The molecule has 0 aliphatic rings. The molecule has 0 atom stereocenters. The average Bonchev–Trinajstić information content (AvgIpc) is 2.16. The number of esters is 1.